The van der Waals surface area contributed by atoms with Gasteiger partial charge in [-0.25, -0.2) is 0 Å². The quantitative estimate of drug-likeness (QED) is 0.780. The van der Waals surface area contributed by atoms with Crippen LogP contribution in [-0.4, -0.2) is 22.3 Å². The zero-order valence-electron chi connectivity index (χ0n) is 14.4. The standard InChI is InChI=1S/C22H15NO4/c24-14-9-4-10-15-17(14)16(12-6-2-1-3-7-12)18-20(25)13-8-5-11-23-19(13)21(26)22(18)27-15/h1-3,5-8,11,16H,4,9-10H2. The number of fused-ring (bicyclic) bond motifs is 1. The van der Waals surface area contributed by atoms with Crippen molar-refractivity contribution in [2.24, 2.45) is 0 Å². The van der Waals surface area contributed by atoms with Gasteiger partial charge in [0.1, 0.15) is 11.5 Å². The molecule has 0 amide bonds. The summed E-state index contributed by atoms with van der Waals surface area (Å²) in [7, 11) is 0. The fourth-order valence-electron chi connectivity index (χ4n) is 4.12. The molecule has 1 unspecified atom stereocenters. The lowest BCUT2D eigenvalue weighted by molar-refractivity contribution is -0.116. The van der Waals surface area contributed by atoms with Crippen molar-refractivity contribution >= 4 is 17.3 Å². The highest BCUT2D eigenvalue weighted by Crippen LogP contribution is 2.47. The van der Waals surface area contributed by atoms with E-state index in [1.807, 2.05) is 30.3 Å². The van der Waals surface area contributed by atoms with Gasteiger partial charge in [-0.05, 0) is 24.1 Å². The van der Waals surface area contributed by atoms with Crippen LogP contribution in [0.3, 0.4) is 0 Å². The lowest BCUT2D eigenvalue weighted by Gasteiger charge is -2.35. The predicted octanol–water partition coefficient (Wildman–Crippen LogP) is 3.54. The topological polar surface area (TPSA) is 73.3 Å². The highest BCUT2D eigenvalue weighted by atomic mass is 16.5. The Hall–Kier alpha value is -3.34. The van der Waals surface area contributed by atoms with Gasteiger partial charge in [-0.2, -0.15) is 0 Å². The third kappa shape index (κ3) is 2.24. The maximum absolute atomic E-state index is 13.3. The maximum atomic E-state index is 13.3. The molecule has 0 fully saturated rings. The van der Waals surface area contributed by atoms with Gasteiger partial charge < -0.3 is 4.74 Å². The van der Waals surface area contributed by atoms with Crippen molar-refractivity contribution in [3.05, 3.63) is 88.1 Å². The zero-order chi connectivity index (χ0) is 18.5. The molecule has 2 heterocycles. The molecule has 1 atom stereocenters. The summed E-state index contributed by atoms with van der Waals surface area (Å²) in [6.45, 7) is 0. The summed E-state index contributed by atoms with van der Waals surface area (Å²) in [5.41, 5.74) is 1.95. The van der Waals surface area contributed by atoms with Crippen LogP contribution in [0.2, 0.25) is 0 Å². The molecule has 1 aromatic carbocycles. The van der Waals surface area contributed by atoms with Gasteiger partial charge in [0.15, 0.2) is 17.3 Å². The largest absolute Gasteiger partial charge is 0.457 e. The monoisotopic (exact) mass is 357 g/mol. The van der Waals surface area contributed by atoms with Crippen LogP contribution in [0.15, 0.2) is 71.3 Å². The van der Waals surface area contributed by atoms with E-state index in [1.165, 1.54) is 6.20 Å². The Labute approximate surface area is 155 Å². The van der Waals surface area contributed by atoms with E-state index < -0.39 is 11.7 Å². The fourth-order valence-corrected chi connectivity index (χ4v) is 4.12. The zero-order valence-corrected chi connectivity index (χ0v) is 14.4. The molecule has 0 bridgehead atoms. The Bertz CT molecular complexity index is 1080. The number of ether oxygens (including phenoxy) is 1. The van der Waals surface area contributed by atoms with Crippen molar-refractivity contribution in [1.29, 1.82) is 0 Å². The molecule has 1 aliphatic heterocycles. The van der Waals surface area contributed by atoms with E-state index in [2.05, 4.69) is 4.98 Å². The Balaban J connectivity index is 1.77. The molecule has 3 aliphatic rings. The summed E-state index contributed by atoms with van der Waals surface area (Å²) < 4.78 is 5.88. The van der Waals surface area contributed by atoms with Crippen LogP contribution in [0, 0.1) is 0 Å². The first-order valence-corrected chi connectivity index (χ1v) is 8.94. The first-order chi connectivity index (χ1) is 13.2. The van der Waals surface area contributed by atoms with Crippen LogP contribution >= 0.6 is 0 Å². The lowest BCUT2D eigenvalue weighted by Crippen LogP contribution is -2.34. The van der Waals surface area contributed by atoms with Crippen molar-refractivity contribution in [2.75, 3.05) is 0 Å². The molecule has 1 aromatic heterocycles. The Morgan fingerprint density at radius 2 is 1.70 bits per heavy atom. The Kier molecular flexibility index (Phi) is 3.44. The number of Topliss-reactive ketones (excluding diaryl/α,β-unsaturated/α-hetero) is 3. The fraction of sp³-hybridized carbons (Fsp3) is 0.182. The van der Waals surface area contributed by atoms with Crippen LogP contribution in [0.25, 0.3) is 0 Å². The van der Waals surface area contributed by atoms with Crippen LogP contribution in [0.4, 0.5) is 0 Å². The Morgan fingerprint density at radius 3 is 2.52 bits per heavy atom. The number of allylic oxidation sites excluding steroid dienone is 4. The van der Waals surface area contributed by atoms with E-state index >= 15 is 0 Å². The molecule has 27 heavy (non-hydrogen) atoms. The van der Waals surface area contributed by atoms with Crippen molar-refractivity contribution in [1.82, 2.24) is 4.98 Å². The molecule has 0 saturated carbocycles. The minimum absolute atomic E-state index is 0.0196. The second kappa shape index (κ2) is 5.84. The SMILES string of the molecule is O=C1CCCC2=C1C(c1ccccc1)C1=C(O2)C(=O)c2ncccc2C1=O. The number of aromatic nitrogens is 1. The van der Waals surface area contributed by atoms with E-state index in [0.29, 0.717) is 30.6 Å². The minimum atomic E-state index is -0.581. The number of hydrogen-bond acceptors (Lipinski definition) is 5. The van der Waals surface area contributed by atoms with Gasteiger partial charge in [-0.1, -0.05) is 30.3 Å². The van der Waals surface area contributed by atoms with E-state index in [4.69, 9.17) is 4.74 Å². The maximum Gasteiger partial charge on any atom is 0.247 e. The van der Waals surface area contributed by atoms with E-state index in [9.17, 15) is 14.4 Å². The van der Waals surface area contributed by atoms with Crippen LogP contribution in [0.1, 0.15) is 51.6 Å². The third-order valence-electron chi connectivity index (χ3n) is 5.31. The molecule has 2 aromatic rings. The number of rotatable bonds is 1. The predicted molar refractivity (Wildman–Crippen MR) is 96.1 cm³/mol. The number of benzene rings is 1. The smallest absolute Gasteiger partial charge is 0.247 e. The second-order valence-electron chi connectivity index (χ2n) is 6.86. The van der Waals surface area contributed by atoms with Gasteiger partial charge in [-0.3, -0.25) is 19.4 Å². The first kappa shape index (κ1) is 15.9. The van der Waals surface area contributed by atoms with Crippen molar-refractivity contribution in [3.8, 4) is 0 Å². The van der Waals surface area contributed by atoms with Crippen LogP contribution < -0.4 is 0 Å². The average Bonchev–Trinajstić information content (AvgIpc) is 2.71. The van der Waals surface area contributed by atoms with Gasteiger partial charge in [-0.15, -0.1) is 0 Å². The summed E-state index contributed by atoms with van der Waals surface area (Å²) in [5.74, 6) is -0.762. The van der Waals surface area contributed by atoms with Gasteiger partial charge in [0.05, 0.1) is 11.1 Å². The van der Waals surface area contributed by atoms with E-state index in [1.54, 1.807) is 12.1 Å². The molecular weight excluding hydrogens is 342 g/mol. The molecule has 0 spiro atoms. The van der Waals surface area contributed by atoms with Gasteiger partial charge in [0.25, 0.3) is 0 Å². The summed E-state index contributed by atoms with van der Waals surface area (Å²) in [5, 5.41) is 0. The van der Waals surface area contributed by atoms with E-state index in [0.717, 1.165) is 5.56 Å². The third-order valence-corrected chi connectivity index (χ3v) is 5.31. The highest BCUT2D eigenvalue weighted by Gasteiger charge is 2.46. The first-order valence-electron chi connectivity index (χ1n) is 8.94. The van der Waals surface area contributed by atoms with Gasteiger partial charge in [0, 0.05) is 30.5 Å². The summed E-state index contributed by atoms with van der Waals surface area (Å²) >= 11 is 0. The number of nitrogens with zero attached hydrogens (tertiary/aromatic N) is 1. The summed E-state index contributed by atoms with van der Waals surface area (Å²) in [4.78, 5) is 43.2. The molecule has 0 N–H and O–H groups in total. The molecular formula is C22H15NO4. The number of carbonyl (C=O) groups is 3. The van der Waals surface area contributed by atoms with Crippen molar-refractivity contribution in [2.45, 2.75) is 25.2 Å². The highest BCUT2D eigenvalue weighted by molar-refractivity contribution is 6.27. The minimum Gasteiger partial charge on any atom is -0.457 e. The molecule has 5 heteroatoms. The molecule has 2 aliphatic carbocycles. The average molecular weight is 357 g/mol. The molecule has 5 rings (SSSR count). The number of pyridine rings is 1. The second-order valence-corrected chi connectivity index (χ2v) is 6.86. The van der Waals surface area contributed by atoms with E-state index in [-0.39, 0.29) is 34.2 Å². The number of ketones is 3. The molecule has 132 valence electrons. The Morgan fingerprint density at radius 1 is 0.889 bits per heavy atom. The van der Waals surface area contributed by atoms with Crippen LogP contribution in [0.5, 0.6) is 0 Å². The number of carbonyl (C=O) groups excluding carboxylic acids is 3. The lowest BCUT2D eigenvalue weighted by atomic mass is 9.72. The summed E-state index contributed by atoms with van der Waals surface area (Å²) in [6, 6.07) is 12.6. The molecule has 0 saturated heterocycles. The number of hydrogen-bond donors (Lipinski definition) is 0. The molecule has 0 radical (unpaired) electrons. The normalized spacial score (nSPS) is 21.5. The van der Waals surface area contributed by atoms with Crippen molar-refractivity contribution < 1.29 is 19.1 Å². The van der Waals surface area contributed by atoms with Gasteiger partial charge >= 0.3 is 0 Å². The van der Waals surface area contributed by atoms with Crippen LogP contribution in [-0.2, 0) is 9.53 Å². The van der Waals surface area contributed by atoms with Gasteiger partial charge in [0.2, 0.25) is 5.78 Å². The summed E-state index contributed by atoms with van der Waals surface area (Å²) in [6.07, 6.45) is 3.17. The molecule has 5 nitrogen and oxygen atoms in total. The van der Waals surface area contributed by atoms with Crippen molar-refractivity contribution in [3.63, 3.8) is 0 Å².